The van der Waals surface area contributed by atoms with Crippen LogP contribution in [-0.4, -0.2) is 11.6 Å². The Bertz CT molecular complexity index is 172. The lowest BCUT2D eigenvalue weighted by molar-refractivity contribution is -0.119. The number of carbonyl (C=O) groups is 1. The Morgan fingerprint density at radius 3 is 2.80 bits per heavy atom. The largest absolute Gasteiger partial charge is 0.273 e. The second-order valence-corrected chi connectivity index (χ2v) is 2.99. The van der Waals surface area contributed by atoms with Crippen molar-refractivity contribution in [1.29, 1.82) is 0 Å². The van der Waals surface area contributed by atoms with E-state index in [1.54, 1.807) is 0 Å². The van der Waals surface area contributed by atoms with Crippen LogP contribution in [0.3, 0.4) is 0 Å². The smallest absolute Gasteiger partial charge is 0.245 e. The molecule has 0 aromatic heterocycles. The SMILES string of the molecule is CC(C)CC1=NNC(=O)C1. The second kappa shape index (κ2) is 2.82. The fourth-order valence-corrected chi connectivity index (χ4v) is 0.995. The molecule has 0 aromatic carbocycles. The zero-order chi connectivity index (χ0) is 7.56. The normalized spacial score (nSPS) is 17.5. The van der Waals surface area contributed by atoms with E-state index < -0.39 is 0 Å². The van der Waals surface area contributed by atoms with Gasteiger partial charge in [-0.25, -0.2) is 5.43 Å². The molecule has 1 rings (SSSR count). The lowest BCUT2D eigenvalue weighted by atomic mass is 10.1. The van der Waals surface area contributed by atoms with E-state index in [2.05, 4.69) is 24.4 Å². The van der Waals surface area contributed by atoms with Crippen LogP contribution in [0.15, 0.2) is 5.10 Å². The van der Waals surface area contributed by atoms with Crippen LogP contribution >= 0.6 is 0 Å². The molecule has 3 heteroatoms. The van der Waals surface area contributed by atoms with Crippen LogP contribution in [0.4, 0.5) is 0 Å². The molecular weight excluding hydrogens is 128 g/mol. The van der Waals surface area contributed by atoms with Crippen molar-refractivity contribution in [3.05, 3.63) is 0 Å². The molecule has 3 nitrogen and oxygen atoms in total. The standard InChI is InChI=1S/C7H12N2O/c1-5(2)3-6-4-7(10)9-8-6/h5H,3-4H2,1-2H3,(H,9,10). The second-order valence-electron chi connectivity index (χ2n) is 2.99. The van der Waals surface area contributed by atoms with Crippen molar-refractivity contribution in [2.45, 2.75) is 26.7 Å². The molecule has 0 aromatic rings. The summed E-state index contributed by atoms with van der Waals surface area (Å²) >= 11 is 0. The van der Waals surface area contributed by atoms with Crippen molar-refractivity contribution in [2.24, 2.45) is 11.0 Å². The van der Waals surface area contributed by atoms with Crippen LogP contribution in [0, 0.1) is 5.92 Å². The van der Waals surface area contributed by atoms with Crippen molar-refractivity contribution in [3.8, 4) is 0 Å². The monoisotopic (exact) mass is 140 g/mol. The maximum absolute atomic E-state index is 10.6. The molecule has 0 spiro atoms. The van der Waals surface area contributed by atoms with Gasteiger partial charge in [0, 0.05) is 5.71 Å². The van der Waals surface area contributed by atoms with Gasteiger partial charge in [-0.2, -0.15) is 5.10 Å². The fourth-order valence-electron chi connectivity index (χ4n) is 0.995. The number of rotatable bonds is 2. The van der Waals surface area contributed by atoms with E-state index in [9.17, 15) is 4.79 Å². The van der Waals surface area contributed by atoms with Crippen LogP contribution in [0.5, 0.6) is 0 Å². The first-order valence-corrected chi connectivity index (χ1v) is 3.52. The first-order valence-electron chi connectivity index (χ1n) is 3.52. The first kappa shape index (κ1) is 7.25. The lowest BCUT2D eigenvalue weighted by Gasteiger charge is -1.99. The number of nitrogens with zero attached hydrogens (tertiary/aromatic N) is 1. The quantitative estimate of drug-likeness (QED) is 0.608. The average molecular weight is 140 g/mol. The zero-order valence-corrected chi connectivity index (χ0v) is 6.35. The van der Waals surface area contributed by atoms with Gasteiger partial charge in [0.1, 0.15) is 0 Å². The summed E-state index contributed by atoms with van der Waals surface area (Å²) in [4.78, 5) is 10.6. The Hall–Kier alpha value is -0.860. The molecule has 0 fully saturated rings. The number of hydrazone groups is 1. The van der Waals surface area contributed by atoms with E-state index in [1.165, 1.54) is 0 Å². The highest BCUT2D eigenvalue weighted by Crippen LogP contribution is 2.07. The average Bonchev–Trinajstić information content (AvgIpc) is 2.13. The molecule has 0 saturated carbocycles. The third kappa shape index (κ3) is 1.83. The summed E-state index contributed by atoms with van der Waals surface area (Å²) in [5, 5.41) is 3.87. The molecule has 0 radical (unpaired) electrons. The van der Waals surface area contributed by atoms with Crippen molar-refractivity contribution in [2.75, 3.05) is 0 Å². The van der Waals surface area contributed by atoms with Crippen LogP contribution in [-0.2, 0) is 4.79 Å². The van der Waals surface area contributed by atoms with E-state index in [-0.39, 0.29) is 5.91 Å². The molecule has 0 aliphatic carbocycles. The Balaban J connectivity index is 2.37. The molecule has 0 bridgehead atoms. The molecular formula is C7H12N2O. The van der Waals surface area contributed by atoms with E-state index in [0.717, 1.165) is 12.1 Å². The molecule has 1 heterocycles. The van der Waals surface area contributed by atoms with Crippen molar-refractivity contribution < 1.29 is 4.79 Å². The van der Waals surface area contributed by atoms with Crippen molar-refractivity contribution in [3.63, 3.8) is 0 Å². The molecule has 0 saturated heterocycles. The Morgan fingerprint density at radius 1 is 1.70 bits per heavy atom. The fraction of sp³-hybridized carbons (Fsp3) is 0.714. The minimum atomic E-state index is 0.0238. The molecule has 0 unspecified atom stereocenters. The Labute approximate surface area is 60.5 Å². The van der Waals surface area contributed by atoms with Crippen molar-refractivity contribution in [1.82, 2.24) is 5.43 Å². The van der Waals surface area contributed by atoms with Gasteiger partial charge >= 0.3 is 0 Å². The number of nitrogens with one attached hydrogen (secondary N) is 1. The molecule has 1 aliphatic heterocycles. The molecule has 0 atom stereocenters. The van der Waals surface area contributed by atoms with Crippen LogP contribution < -0.4 is 5.43 Å². The van der Waals surface area contributed by atoms with Crippen LogP contribution in [0.25, 0.3) is 0 Å². The Kier molecular flexibility index (Phi) is 2.04. The van der Waals surface area contributed by atoms with E-state index in [4.69, 9.17) is 0 Å². The van der Waals surface area contributed by atoms with E-state index in [1.807, 2.05) is 0 Å². The summed E-state index contributed by atoms with van der Waals surface area (Å²) in [7, 11) is 0. The van der Waals surface area contributed by atoms with Gasteiger partial charge in [-0.3, -0.25) is 4.79 Å². The summed E-state index contributed by atoms with van der Waals surface area (Å²) in [5.74, 6) is 0.613. The molecule has 1 aliphatic rings. The third-order valence-electron chi connectivity index (χ3n) is 1.35. The third-order valence-corrected chi connectivity index (χ3v) is 1.35. The van der Waals surface area contributed by atoms with Gasteiger partial charge in [0.2, 0.25) is 5.91 Å². The van der Waals surface area contributed by atoms with Gasteiger partial charge in [0.25, 0.3) is 0 Å². The van der Waals surface area contributed by atoms with E-state index in [0.29, 0.717) is 12.3 Å². The predicted molar refractivity (Wildman–Crippen MR) is 39.6 cm³/mol. The van der Waals surface area contributed by atoms with Gasteiger partial charge in [0.05, 0.1) is 6.42 Å². The summed E-state index contributed by atoms with van der Waals surface area (Å²) in [6.07, 6.45) is 1.43. The van der Waals surface area contributed by atoms with Crippen LogP contribution in [0.1, 0.15) is 26.7 Å². The maximum Gasteiger partial charge on any atom is 0.245 e. The molecule has 1 amide bonds. The predicted octanol–water partition coefficient (Wildman–Crippen LogP) is 0.908. The zero-order valence-electron chi connectivity index (χ0n) is 6.35. The lowest BCUT2D eigenvalue weighted by Crippen LogP contribution is -2.09. The van der Waals surface area contributed by atoms with Gasteiger partial charge in [-0.05, 0) is 12.3 Å². The van der Waals surface area contributed by atoms with Gasteiger partial charge in [0.15, 0.2) is 0 Å². The van der Waals surface area contributed by atoms with Crippen LogP contribution in [0.2, 0.25) is 0 Å². The highest BCUT2D eigenvalue weighted by molar-refractivity contribution is 6.04. The van der Waals surface area contributed by atoms with Gasteiger partial charge in [-0.15, -0.1) is 0 Å². The van der Waals surface area contributed by atoms with Gasteiger partial charge in [-0.1, -0.05) is 13.8 Å². The molecule has 1 N–H and O–H groups in total. The number of amides is 1. The van der Waals surface area contributed by atoms with E-state index >= 15 is 0 Å². The summed E-state index contributed by atoms with van der Waals surface area (Å²) < 4.78 is 0. The minimum Gasteiger partial charge on any atom is -0.273 e. The summed E-state index contributed by atoms with van der Waals surface area (Å²) in [6, 6.07) is 0. The maximum atomic E-state index is 10.6. The molecule has 10 heavy (non-hydrogen) atoms. The topological polar surface area (TPSA) is 41.5 Å². The Morgan fingerprint density at radius 2 is 2.40 bits per heavy atom. The van der Waals surface area contributed by atoms with Gasteiger partial charge < -0.3 is 0 Å². The highest BCUT2D eigenvalue weighted by atomic mass is 16.2. The summed E-state index contributed by atoms with van der Waals surface area (Å²) in [5.41, 5.74) is 3.41. The highest BCUT2D eigenvalue weighted by Gasteiger charge is 2.14. The number of hydrogen-bond donors (Lipinski definition) is 1. The van der Waals surface area contributed by atoms with Crippen molar-refractivity contribution >= 4 is 11.6 Å². The number of carbonyl (C=O) groups excluding carboxylic acids is 1. The summed E-state index contributed by atoms with van der Waals surface area (Å²) in [6.45, 7) is 4.23. The molecule has 56 valence electrons. The minimum absolute atomic E-state index is 0.0238. The first-order chi connectivity index (χ1) is 4.68. The number of hydrogen-bond acceptors (Lipinski definition) is 2.